The number of hydrogen-bond acceptors (Lipinski definition) is 4. The van der Waals surface area contributed by atoms with Gasteiger partial charge in [-0.15, -0.1) is 0 Å². The maximum absolute atomic E-state index is 4.42. The van der Waals surface area contributed by atoms with Crippen LogP contribution in [0.15, 0.2) is 22.9 Å². The lowest BCUT2D eigenvalue weighted by atomic mass is 10.3. The van der Waals surface area contributed by atoms with Crippen LogP contribution in [-0.4, -0.2) is 26.3 Å². The van der Waals surface area contributed by atoms with Crippen molar-refractivity contribution in [2.45, 2.75) is 19.8 Å². The van der Waals surface area contributed by atoms with Gasteiger partial charge in [0.25, 0.3) is 0 Å². The van der Waals surface area contributed by atoms with Crippen LogP contribution in [0.4, 0.5) is 5.82 Å². The highest BCUT2D eigenvalue weighted by Crippen LogP contribution is 2.12. The van der Waals surface area contributed by atoms with E-state index in [9.17, 15) is 0 Å². The van der Waals surface area contributed by atoms with E-state index in [1.54, 1.807) is 0 Å². The summed E-state index contributed by atoms with van der Waals surface area (Å²) in [6.45, 7) is 2.87. The molecular formula is C12H16BrN5. The summed E-state index contributed by atoms with van der Waals surface area (Å²) < 4.78 is 2.70. The highest BCUT2D eigenvalue weighted by Gasteiger charge is 2.02. The summed E-state index contributed by atoms with van der Waals surface area (Å²) in [6, 6.07) is 3.91. The molecule has 6 heteroatoms. The van der Waals surface area contributed by atoms with Crippen LogP contribution >= 0.6 is 15.9 Å². The number of halogens is 1. The first kappa shape index (κ1) is 13.0. The minimum atomic E-state index is 0.817. The first-order valence-electron chi connectivity index (χ1n) is 5.93. The molecule has 0 saturated heterocycles. The largest absolute Gasteiger partial charge is 0.370 e. The zero-order chi connectivity index (χ0) is 13.0. The third kappa shape index (κ3) is 3.29. The second-order valence-corrected chi connectivity index (χ2v) is 4.78. The fourth-order valence-electron chi connectivity index (χ4n) is 1.68. The highest BCUT2D eigenvalue weighted by molar-refractivity contribution is 9.10. The van der Waals surface area contributed by atoms with Gasteiger partial charge in [-0.3, -0.25) is 4.68 Å². The number of aryl methyl sites for hydroxylation is 2. The van der Waals surface area contributed by atoms with Gasteiger partial charge in [-0.05, 0) is 22.0 Å². The van der Waals surface area contributed by atoms with Crippen molar-refractivity contribution < 1.29 is 0 Å². The molecule has 0 aliphatic rings. The van der Waals surface area contributed by atoms with Crippen LogP contribution in [0.3, 0.4) is 0 Å². The number of anilines is 1. The van der Waals surface area contributed by atoms with E-state index < -0.39 is 0 Å². The van der Waals surface area contributed by atoms with Crippen molar-refractivity contribution in [1.82, 2.24) is 19.7 Å². The zero-order valence-corrected chi connectivity index (χ0v) is 12.1. The van der Waals surface area contributed by atoms with Crippen LogP contribution < -0.4 is 5.32 Å². The van der Waals surface area contributed by atoms with Gasteiger partial charge in [-0.25, -0.2) is 9.97 Å². The Morgan fingerprint density at radius 1 is 1.39 bits per heavy atom. The molecule has 0 saturated carbocycles. The smallest absolute Gasteiger partial charge is 0.131 e. The average molecular weight is 310 g/mol. The molecule has 2 aromatic heterocycles. The van der Waals surface area contributed by atoms with Crippen molar-refractivity contribution in [2.75, 3.05) is 11.9 Å². The Balaban J connectivity index is 1.94. The summed E-state index contributed by atoms with van der Waals surface area (Å²) in [5, 5.41) is 7.44. The van der Waals surface area contributed by atoms with Gasteiger partial charge in [-0.1, -0.05) is 6.92 Å². The van der Waals surface area contributed by atoms with Gasteiger partial charge in [0.1, 0.15) is 16.2 Å². The van der Waals surface area contributed by atoms with Gasteiger partial charge in [0.2, 0.25) is 0 Å². The van der Waals surface area contributed by atoms with Crippen molar-refractivity contribution in [3.8, 4) is 0 Å². The fourth-order valence-corrected chi connectivity index (χ4v) is 2.10. The Kier molecular flexibility index (Phi) is 4.30. The molecule has 2 heterocycles. The summed E-state index contributed by atoms with van der Waals surface area (Å²) in [6.07, 6.45) is 3.56. The third-order valence-electron chi connectivity index (χ3n) is 2.67. The predicted molar refractivity (Wildman–Crippen MR) is 74.5 cm³/mol. The first-order chi connectivity index (χ1) is 8.69. The van der Waals surface area contributed by atoms with Crippen molar-refractivity contribution in [1.29, 1.82) is 0 Å². The lowest BCUT2D eigenvalue weighted by molar-refractivity contribution is 0.710. The van der Waals surface area contributed by atoms with Gasteiger partial charge in [0.15, 0.2) is 0 Å². The van der Waals surface area contributed by atoms with Crippen LogP contribution in [-0.2, 0) is 19.9 Å². The van der Waals surface area contributed by atoms with E-state index in [1.165, 1.54) is 5.69 Å². The second kappa shape index (κ2) is 5.95. The predicted octanol–water partition coefficient (Wildman–Crippen LogP) is 2.19. The molecule has 0 radical (unpaired) electrons. The van der Waals surface area contributed by atoms with Gasteiger partial charge < -0.3 is 5.32 Å². The maximum atomic E-state index is 4.42. The van der Waals surface area contributed by atoms with Crippen LogP contribution in [0.5, 0.6) is 0 Å². The third-order valence-corrected chi connectivity index (χ3v) is 3.07. The Morgan fingerprint density at radius 2 is 2.22 bits per heavy atom. The number of nitrogens with zero attached hydrogens (tertiary/aromatic N) is 4. The lowest BCUT2D eigenvalue weighted by Gasteiger charge is -2.07. The minimum absolute atomic E-state index is 0.817. The quantitative estimate of drug-likeness (QED) is 0.860. The van der Waals surface area contributed by atoms with E-state index in [1.807, 2.05) is 37.0 Å². The summed E-state index contributed by atoms with van der Waals surface area (Å²) in [4.78, 5) is 8.69. The topological polar surface area (TPSA) is 55.6 Å². The summed E-state index contributed by atoms with van der Waals surface area (Å²) in [7, 11) is 1.95. The van der Waals surface area contributed by atoms with Crippen molar-refractivity contribution in [3.05, 3.63) is 34.5 Å². The Morgan fingerprint density at radius 3 is 2.89 bits per heavy atom. The van der Waals surface area contributed by atoms with E-state index in [-0.39, 0.29) is 0 Å². The molecule has 1 N–H and O–H groups in total. The van der Waals surface area contributed by atoms with E-state index in [4.69, 9.17) is 0 Å². The summed E-state index contributed by atoms with van der Waals surface area (Å²) in [5.41, 5.74) is 1.20. The molecule has 0 spiro atoms. The van der Waals surface area contributed by atoms with E-state index in [0.717, 1.165) is 35.6 Å². The number of nitrogens with one attached hydrogen (secondary N) is 1. The Labute approximate surface area is 115 Å². The fraction of sp³-hybridized carbons (Fsp3) is 0.417. The SMILES string of the molecule is CCc1nc(Br)cc(NCCc2ccnn2C)n1. The minimum Gasteiger partial charge on any atom is -0.370 e. The normalized spacial score (nSPS) is 10.6. The van der Waals surface area contributed by atoms with Crippen LogP contribution in [0.1, 0.15) is 18.4 Å². The lowest BCUT2D eigenvalue weighted by Crippen LogP contribution is -2.10. The molecule has 0 atom stereocenters. The van der Waals surface area contributed by atoms with E-state index in [0.29, 0.717) is 0 Å². The molecule has 0 aliphatic carbocycles. The highest BCUT2D eigenvalue weighted by atomic mass is 79.9. The van der Waals surface area contributed by atoms with Crippen LogP contribution in [0.2, 0.25) is 0 Å². The molecule has 0 aromatic carbocycles. The molecule has 2 rings (SSSR count). The Hall–Kier alpha value is -1.43. The maximum Gasteiger partial charge on any atom is 0.131 e. The van der Waals surface area contributed by atoms with E-state index >= 15 is 0 Å². The molecular weight excluding hydrogens is 294 g/mol. The molecule has 2 aromatic rings. The molecule has 18 heavy (non-hydrogen) atoms. The monoisotopic (exact) mass is 309 g/mol. The molecule has 0 amide bonds. The van der Waals surface area contributed by atoms with Crippen LogP contribution in [0.25, 0.3) is 0 Å². The number of hydrogen-bond donors (Lipinski definition) is 1. The molecule has 0 bridgehead atoms. The standard InChI is InChI=1S/C12H16BrN5/c1-3-11-16-10(13)8-12(17-11)14-6-4-9-5-7-15-18(9)2/h5,7-8H,3-4,6H2,1-2H3,(H,14,16,17). The molecule has 5 nitrogen and oxygen atoms in total. The number of aromatic nitrogens is 4. The van der Waals surface area contributed by atoms with Crippen molar-refractivity contribution in [3.63, 3.8) is 0 Å². The summed E-state index contributed by atoms with van der Waals surface area (Å²) in [5.74, 6) is 1.70. The molecule has 96 valence electrons. The first-order valence-corrected chi connectivity index (χ1v) is 6.72. The van der Waals surface area contributed by atoms with Gasteiger partial charge in [-0.2, -0.15) is 5.10 Å². The summed E-state index contributed by atoms with van der Waals surface area (Å²) >= 11 is 3.39. The number of rotatable bonds is 5. The molecule has 0 unspecified atom stereocenters. The zero-order valence-electron chi connectivity index (χ0n) is 10.5. The van der Waals surface area contributed by atoms with Gasteiger partial charge in [0.05, 0.1) is 0 Å². The second-order valence-electron chi connectivity index (χ2n) is 3.97. The Bertz CT molecular complexity index is 523. The molecule has 0 fully saturated rings. The van der Waals surface area contributed by atoms with E-state index in [2.05, 4.69) is 36.3 Å². The molecule has 0 aliphatic heterocycles. The van der Waals surface area contributed by atoms with Crippen LogP contribution in [0, 0.1) is 0 Å². The van der Waals surface area contributed by atoms with Gasteiger partial charge >= 0.3 is 0 Å². The van der Waals surface area contributed by atoms with Gasteiger partial charge in [0, 0.05) is 44.4 Å². The average Bonchev–Trinajstić information content (AvgIpc) is 2.74. The van der Waals surface area contributed by atoms with Crippen molar-refractivity contribution in [2.24, 2.45) is 7.05 Å². The van der Waals surface area contributed by atoms with Crippen molar-refractivity contribution >= 4 is 21.7 Å².